The fourth-order valence-electron chi connectivity index (χ4n) is 5.12. The van der Waals surface area contributed by atoms with Crippen LogP contribution >= 0.6 is 0 Å². The number of amides is 1. The maximum Gasteiger partial charge on any atom is 0.305 e. The highest BCUT2D eigenvalue weighted by atomic mass is 32.2. The zero-order valence-corrected chi connectivity index (χ0v) is 23.2. The van der Waals surface area contributed by atoms with Gasteiger partial charge in [-0.2, -0.15) is 0 Å². The number of hydrogen-bond acceptors (Lipinski definition) is 6. The first-order valence-electron chi connectivity index (χ1n) is 13.3. The van der Waals surface area contributed by atoms with Crippen molar-refractivity contribution >= 4 is 27.4 Å². The molecule has 1 saturated carbocycles. The van der Waals surface area contributed by atoms with Crippen molar-refractivity contribution in [2.75, 3.05) is 18.1 Å². The summed E-state index contributed by atoms with van der Waals surface area (Å²) in [6.07, 6.45) is 6.53. The van der Waals surface area contributed by atoms with Crippen molar-refractivity contribution in [1.82, 2.24) is 5.32 Å². The number of hydrogen-bond donors (Lipinski definition) is 3. The molecule has 9 heteroatoms. The molecule has 39 heavy (non-hydrogen) atoms. The average Bonchev–Trinajstić information content (AvgIpc) is 3.30. The van der Waals surface area contributed by atoms with E-state index in [0.717, 1.165) is 48.1 Å². The van der Waals surface area contributed by atoms with Crippen LogP contribution in [0.5, 0.6) is 0 Å². The van der Waals surface area contributed by atoms with Gasteiger partial charge in [0.1, 0.15) is 17.3 Å². The highest BCUT2D eigenvalue weighted by Crippen LogP contribution is 2.41. The molecule has 1 unspecified atom stereocenters. The average molecular weight is 553 g/mol. The number of sulfone groups is 1. The Kier molecular flexibility index (Phi) is 9.12. The number of benzene rings is 2. The molecule has 1 heterocycles. The SMILES string of the molecule is Cc1ccc(-c2cc(C(Nc3ccc(C(=O)NCCC(=O)O)cc3)C3CCCCC3)c(CS(C)(=O)=O)o2)cc1. The molecule has 0 radical (unpaired) electrons. The quantitative estimate of drug-likeness (QED) is 0.277. The van der Waals surface area contributed by atoms with E-state index in [1.165, 1.54) is 12.7 Å². The first-order chi connectivity index (χ1) is 18.6. The Bertz CT molecular complexity index is 1390. The van der Waals surface area contributed by atoms with Crippen LogP contribution in [-0.4, -0.2) is 38.2 Å². The highest BCUT2D eigenvalue weighted by Gasteiger charge is 2.30. The van der Waals surface area contributed by atoms with Crippen molar-refractivity contribution in [2.24, 2.45) is 5.92 Å². The van der Waals surface area contributed by atoms with E-state index in [2.05, 4.69) is 10.6 Å². The number of furan rings is 1. The Morgan fingerprint density at radius 1 is 1.03 bits per heavy atom. The van der Waals surface area contributed by atoms with Gasteiger partial charge < -0.3 is 20.2 Å². The van der Waals surface area contributed by atoms with E-state index in [4.69, 9.17) is 9.52 Å². The summed E-state index contributed by atoms with van der Waals surface area (Å²) in [5.74, 6) is -0.109. The Morgan fingerprint density at radius 2 is 1.69 bits per heavy atom. The third-order valence-corrected chi connectivity index (χ3v) is 7.91. The number of carbonyl (C=O) groups is 2. The molecule has 0 aliphatic heterocycles. The molecule has 0 saturated heterocycles. The zero-order chi connectivity index (χ0) is 28.0. The van der Waals surface area contributed by atoms with Crippen LogP contribution in [0.1, 0.15) is 71.8 Å². The van der Waals surface area contributed by atoms with Gasteiger partial charge >= 0.3 is 5.97 Å². The van der Waals surface area contributed by atoms with Crippen LogP contribution in [-0.2, 0) is 20.4 Å². The third-order valence-electron chi connectivity index (χ3n) is 7.12. The summed E-state index contributed by atoms with van der Waals surface area (Å²) >= 11 is 0. The second-order valence-electron chi connectivity index (χ2n) is 10.4. The molecule has 208 valence electrons. The van der Waals surface area contributed by atoms with Crippen LogP contribution in [0.4, 0.5) is 5.69 Å². The van der Waals surface area contributed by atoms with Crippen LogP contribution in [0, 0.1) is 12.8 Å². The molecule has 1 amide bonds. The normalized spacial score (nSPS) is 15.0. The van der Waals surface area contributed by atoms with Crippen molar-refractivity contribution in [3.05, 3.63) is 77.0 Å². The summed E-state index contributed by atoms with van der Waals surface area (Å²) < 4.78 is 30.9. The van der Waals surface area contributed by atoms with E-state index in [9.17, 15) is 18.0 Å². The number of anilines is 1. The minimum absolute atomic E-state index is 0.0604. The number of nitrogens with one attached hydrogen (secondary N) is 2. The summed E-state index contributed by atoms with van der Waals surface area (Å²) in [6, 6.07) is 16.8. The van der Waals surface area contributed by atoms with Gasteiger partial charge in [0.15, 0.2) is 9.84 Å². The highest BCUT2D eigenvalue weighted by molar-refractivity contribution is 7.89. The smallest absolute Gasteiger partial charge is 0.305 e. The molecule has 3 N–H and O–H groups in total. The molecule has 1 fully saturated rings. The van der Waals surface area contributed by atoms with Gasteiger partial charge in [0, 0.05) is 35.2 Å². The predicted molar refractivity (Wildman–Crippen MR) is 151 cm³/mol. The second-order valence-corrected chi connectivity index (χ2v) is 12.6. The maximum atomic E-state index is 12.4. The van der Waals surface area contributed by atoms with E-state index >= 15 is 0 Å². The molecule has 8 nitrogen and oxygen atoms in total. The van der Waals surface area contributed by atoms with Crippen LogP contribution in [0.2, 0.25) is 0 Å². The topological polar surface area (TPSA) is 126 Å². The van der Waals surface area contributed by atoms with Gasteiger partial charge in [0.25, 0.3) is 5.91 Å². The van der Waals surface area contributed by atoms with Crippen molar-refractivity contribution in [3.63, 3.8) is 0 Å². The summed E-state index contributed by atoms with van der Waals surface area (Å²) in [7, 11) is -3.34. The van der Waals surface area contributed by atoms with E-state index < -0.39 is 15.8 Å². The van der Waals surface area contributed by atoms with E-state index in [1.54, 1.807) is 12.1 Å². The molecule has 2 aromatic carbocycles. The molecule has 4 rings (SSSR count). The van der Waals surface area contributed by atoms with Crippen molar-refractivity contribution in [3.8, 4) is 11.3 Å². The largest absolute Gasteiger partial charge is 0.481 e. The lowest BCUT2D eigenvalue weighted by molar-refractivity contribution is -0.136. The molecule has 0 bridgehead atoms. The zero-order valence-electron chi connectivity index (χ0n) is 22.4. The van der Waals surface area contributed by atoms with Gasteiger partial charge in [-0.1, -0.05) is 49.1 Å². The minimum atomic E-state index is -3.34. The lowest BCUT2D eigenvalue weighted by atomic mass is 9.81. The Balaban J connectivity index is 1.64. The van der Waals surface area contributed by atoms with Gasteiger partial charge in [0.05, 0.1) is 12.5 Å². The first-order valence-corrected chi connectivity index (χ1v) is 15.4. The summed E-state index contributed by atoms with van der Waals surface area (Å²) in [6.45, 7) is 2.07. The fourth-order valence-corrected chi connectivity index (χ4v) is 5.82. The number of carbonyl (C=O) groups excluding carboxylic acids is 1. The monoisotopic (exact) mass is 552 g/mol. The molecule has 1 atom stereocenters. The second kappa shape index (κ2) is 12.5. The number of carboxylic acid groups (broad SMARTS) is 1. The predicted octanol–water partition coefficient (Wildman–Crippen LogP) is 5.74. The van der Waals surface area contributed by atoms with Gasteiger partial charge in [-0.15, -0.1) is 0 Å². The first kappa shape index (κ1) is 28.4. The van der Waals surface area contributed by atoms with Crippen molar-refractivity contribution in [2.45, 2.75) is 57.2 Å². The Morgan fingerprint density at radius 3 is 2.31 bits per heavy atom. The standard InChI is InChI=1S/C30H36N2O6S/c1-20-8-10-21(11-9-20)26-18-25(27(38-26)19-39(2,36)37)29(22-6-4-3-5-7-22)32-24-14-12-23(13-15-24)30(35)31-17-16-28(33)34/h8-15,18,22,29,32H,3-7,16-17,19H2,1-2H3,(H,31,35)(H,33,34). The molecule has 0 spiro atoms. The Labute approximate surface area is 229 Å². The van der Waals surface area contributed by atoms with Crippen molar-refractivity contribution in [1.29, 1.82) is 0 Å². The molecule has 1 aliphatic carbocycles. The third kappa shape index (κ3) is 7.95. The maximum absolute atomic E-state index is 12.4. The van der Waals surface area contributed by atoms with Crippen LogP contribution in [0.25, 0.3) is 11.3 Å². The van der Waals surface area contributed by atoms with Gasteiger partial charge in [0.2, 0.25) is 0 Å². The summed E-state index contributed by atoms with van der Waals surface area (Å²) in [5, 5.41) is 15.0. The van der Waals surface area contributed by atoms with Gasteiger partial charge in [-0.3, -0.25) is 9.59 Å². The van der Waals surface area contributed by atoms with Crippen LogP contribution in [0.3, 0.4) is 0 Å². The van der Waals surface area contributed by atoms with Gasteiger partial charge in [-0.05, 0) is 56.0 Å². The van der Waals surface area contributed by atoms with E-state index in [1.807, 2.05) is 49.4 Å². The lowest BCUT2D eigenvalue weighted by Crippen LogP contribution is -2.26. The number of aryl methyl sites for hydroxylation is 1. The van der Waals surface area contributed by atoms with Crippen molar-refractivity contribution < 1.29 is 27.5 Å². The fraction of sp³-hybridized carbons (Fsp3) is 0.400. The molecule has 3 aromatic rings. The number of carboxylic acids is 1. The summed E-state index contributed by atoms with van der Waals surface area (Å²) in [5.41, 5.74) is 4.10. The van der Waals surface area contributed by atoms with Crippen LogP contribution in [0.15, 0.2) is 59.0 Å². The van der Waals surface area contributed by atoms with Gasteiger partial charge in [-0.25, -0.2) is 8.42 Å². The minimum Gasteiger partial charge on any atom is -0.481 e. The Hall–Kier alpha value is -3.59. The molecule has 1 aromatic heterocycles. The number of aliphatic carboxylic acids is 1. The lowest BCUT2D eigenvalue weighted by Gasteiger charge is -2.32. The molecular formula is C30H36N2O6S. The summed E-state index contributed by atoms with van der Waals surface area (Å²) in [4.78, 5) is 23.1. The number of rotatable bonds is 11. The van der Waals surface area contributed by atoms with Crippen LogP contribution < -0.4 is 10.6 Å². The molecular weight excluding hydrogens is 516 g/mol. The van der Waals surface area contributed by atoms with E-state index in [-0.39, 0.29) is 30.7 Å². The van der Waals surface area contributed by atoms with E-state index in [0.29, 0.717) is 23.0 Å². The molecule has 1 aliphatic rings.